The van der Waals surface area contributed by atoms with Gasteiger partial charge in [0.2, 0.25) is 0 Å². The highest BCUT2D eigenvalue weighted by molar-refractivity contribution is 5.45. The molecule has 128 valence electrons. The first kappa shape index (κ1) is 15.4. The zero-order valence-corrected chi connectivity index (χ0v) is 13.9. The van der Waals surface area contributed by atoms with E-state index in [1.165, 1.54) is 6.33 Å². The Morgan fingerprint density at radius 2 is 2.21 bits per heavy atom. The summed E-state index contributed by atoms with van der Waals surface area (Å²) in [5.41, 5.74) is 0.436. The molecule has 0 unspecified atom stereocenters. The molecule has 2 atom stereocenters. The van der Waals surface area contributed by atoms with Crippen molar-refractivity contribution in [1.29, 1.82) is 0 Å². The smallest absolute Gasteiger partial charge is 0.187 e. The standard InChI is InChI=1S/C16H21FN6O/c1-3-11-14(17)16(19-9-18-11)23-8-10(24-2)7-12(23)15-21-20-13-5-4-6-22(13)15/h9-10,12H,3-8H2,1-2H3/t10-,12+/m1/s1. The van der Waals surface area contributed by atoms with Crippen molar-refractivity contribution in [2.24, 2.45) is 0 Å². The summed E-state index contributed by atoms with van der Waals surface area (Å²) < 4.78 is 22.5. The first-order chi connectivity index (χ1) is 11.7. The van der Waals surface area contributed by atoms with Crippen molar-refractivity contribution in [2.75, 3.05) is 18.6 Å². The van der Waals surface area contributed by atoms with E-state index in [9.17, 15) is 4.39 Å². The van der Waals surface area contributed by atoms with Crippen LogP contribution in [0.5, 0.6) is 0 Å². The number of fused-ring (bicyclic) bond motifs is 1. The minimum absolute atomic E-state index is 0.0174. The van der Waals surface area contributed by atoms with Gasteiger partial charge in [-0.25, -0.2) is 14.4 Å². The first-order valence-corrected chi connectivity index (χ1v) is 8.43. The molecule has 24 heavy (non-hydrogen) atoms. The van der Waals surface area contributed by atoms with Gasteiger partial charge >= 0.3 is 0 Å². The molecule has 0 N–H and O–H groups in total. The van der Waals surface area contributed by atoms with Crippen LogP contribution in [0.3, 0.4) is 0 Å². The van der Waals surface area contributed by atoms with Crippen LogP contribution in [-0.2, 0) is 24.1 Å². The second-order valence-electron chi connectivity index (χ2n) is 6.30. The van der Waals surface area contributed by atoms with Crippen LogP contribution in [0.25, 0.3) is 0 Å². The lowest BCUT2D eigenvalue weighted by Crippen LogP contribution is -2.28. The van der Waals surface area contributed by atoms with Crippen LogP contribution in [0.4, 0.5) is 10.2 Å². The summed E-state index contributed by atoms with van der Waals surface area (Å²) >= 11 is 0. The third kappa shape index (κ3) is 2.36. The fourth-order valence-electron chi connectivity index (χ4n) is 3.71. The number of ether oxygens (including phenoxy) is 1. The highest BCUT2D eigenvalue weighted by atomic mass is 19.1. The Balaban J connectivity index is 1.75. The lowest BCUT2D eigenvalue weighted by molar-refractivity contribution is 0.118. The quantitative estimate of drug-likeness (QED) is 0.848. The van der Waals surface area contributed by atoms with E-state index in [0.29, 0.717) is 24.5 Å². The molecule has 0 bridgehead atoms. The maximum atomic E-state index is 14.8. The van der Waals surface area contributed by atoms with Crippen LogP contribution in [-0.4, -0.2) is 44.5 Å². The molecule has 1 fully saturated rings. The number of anilines is 1. The summed E-state index contributed by atoms with van der Waals surface area (Å²) in [6, 6.07) is -0.0802. The summed E-state index contributed by atoms with van der Waals surface area (Å²) in [7, 11) is 1.69. The van der Waals surface area contributed by atoms with Gasteiger partial charge in [0.15, 0.2) is 17.5 Å². The molecule has 0 saturated carbocycles. The fourth-order valence-corrected chi connectivity index (χ4v) is 3.71. The van der Waals surface area contributed by atoms with Crippen molar-refractivity contribution in [3.05, 3.63) is 29.5 Å². The highest BCUT2D eigenvalue weighted by Gasteiger charge is 2.39. The van der Waals surface area contributed by atoms with Gasteiger partial charge in [-0.1, -0.05) is 6.92 Å². The largest absolute Gasteiger partial charge is 0.380 e. The van der Waals surface area contributed by atoms with Gasteiger partial charge in [-0.3, -0.25) is 0 Å². The van der Waals surface area contributed by atoms with Gasteiger partial charge in [-0.05, 0) is 12.8 Å². The Morgan fingerprint density at radius 3 is 3.00 bits per heavy atom. The predicted molar refractivity (Wildman–Crippen MR) is 85.2 cm³/mol. The molecule has 1 saturated heterocycles. The lowest BCUT2D eigenvalue weighted by Gasteiger charge is -2.25. The molecule has 2 aromatic heterocycles. The van der Waals surface area contributed by atoms with Crippen LogP contribution < -0.4 is 4.90 Å². The van der Waals surface area contributed by atoms with Crippen LogP contribution in [0, 0.1) is 5.82 Å². The summed E-state index contributed by atoms with van der Waals surface area (Å²) in [5, 5.41) is 8.68. The number of methoxy groups -OCH3 is 1. The number of rotatable bonds is 4. The van der Waals surface area contributed by atoms with Gasteiger partial charge in [0, 0.05) is 33.0 Å². The van der Waals surface area contributed by atoms with E-state index in [1.54, 1.807) is 7.11 Å². The molecule has 7 nitrogen and oxygen atoms in total. The summed E-state index contributed by atoms with van der Waals surface area (Å²) in [4.78, 5) is 10.2. The Hall–Kier alpha value is -2.09. The monoisotopic (exact) mass is 332 g/mol. The average molecular weight is 332 g/mol. The molecule has 0 spiro atoms. The van der Waals surface area contributed by atoms with Crippen molar-refractivity contribution in [2.45, 2.75) is 51.3 Å². The number of aryl methyl sites for hydroxylation is 2. The molecule has 8 heteroatoms. The zero-order valence-electron chi connectivity index (χ0n) is 13.9. The Bertz CT molecular complexity index is 748. The SMILES string of the molecule is CCc1ncnc(N2C[C@H](OC)C[C@H]2c2nnc3n2CCC3)c1F. The van der Waals surface area contributed by atoms with Crippen molar-refractivity contribution in [3.63, 3.8) is 0 Å². The lowest BCUT2D eigenvalue weighted by atomic mass is 10.2. The summed E-state index contributed by atoms with van der Waals surface area (Å²) in [6.07, 6.45) is 4.77. The maximum absolute atomic E-state index is 14.8. The van der Waals surface area contributed by atoms with E-state index in [1.807, 2.05) is 11.8 Å². The molecule has 2 aromatic rings. The van der Waals surface area contributed by atoms with Gasteiger partial charge in [0.05, 0.1) is 17.8 Å². The Kier molecular flexibility index (Phi) is 3.91. The van der Waals surface area contributed by atoms with E-state index in [-0.39, 0.29) is 18.0 Å². The molecule has 0 amide bonds. The van der Waals surface area contributed by atoms with Gasteiger partial charge < -0.3 is 14.2 Å². The minimum atomic E-state index is -0.345. The zero-order chi connectivity index (χ0) is 16.7. The number of nitrogens with zero attached hydrogens (tertiary/aromatic N) is 6. The third-order valence-corrected chi connectivity index (χ3v) is 4.98. The van der Waals surface area contributed by atoms with E-state index in [4.69, 9.17) is 4.74 Å². The summed E-state index contributed by atoms with van der Waals surface area (Å²) in [6.45, 7) is 3.40. The Morgan fingerprint density at radius 1 is 1.33 bits per heavy atom. The molecule has 0 aliphatic carbocycles. The van der Waals surface area contributed by atoms with Crippen LogP contribution in [0.2, 0.25) is 0 Å². The average Bonchev–Trinajstić information content (AvgIpc) is 3.29. The maximum Gasteiger partial charge on any atom is 0.187 e. The van der Waals surface area contributed by atoms with Crippen molar-refractivity contribution < 1.29 is 9.13 Å². The summed E-state index contributed by atoms with van der Waals surface area (Å²) in [5.74, 6) is 1.89. The van der Waals surface area contributed by atoms with Crippen LogP contribution in [0.1, 0.15) is 43.1 Å². The highest BCUT2D eigenvalue weighted by Crippen LogP contribution is 2.38. The Labute approximate surface area is 139 Å². The second-order valence-corrected chi connectivity index (χ2v) is 6.30. The number of halogens is 1. The fraction of sp³-hybridized carbons (Fsp3) is 0.625. The van der Waals surface area contributed by atoms with E-state index in [2.05, 4.69) is 24.7 Å². The molecule has 2 aliphatic heterocycles. The van der Waals surface area contributed by atoms with Crippen molar-refractivity contribution >= 4 is 5.82 Å². The van der Waals surface area contributed by atoms with Crippen molar-refractivity contribution in [3.8, 4) is 0 Å². The number of hydrogen-bond acceptors (Lipinski definition) is 6. The minimum Gasteiger partial charge on any atom is -0.380 e. The van der Waals surface area contributed by atoms with E-state index in [0.717, 1.165) is 37.5 Å². The molecule has 0 aromatic carbocycles. The van der Waals surface area contributed by atoms with Crippen LogP contribution in [0.15, 0.2) is 6.33 Å². The second kappa shape index (κ2) is 6.08. The molecule has 4 heterocycles. The van der Waals surface area contributed by atoms with Crippen molar-refractivity contribution in [1.82, 2.24) is 24.7 Å². The molecule has 2 aliphatic rings. The molecular weight excluding hydrogens is 311 g/mol. The van der Waals surface area contributed by atoms with Crippen LogP contribution >= 0.6 is 0 Å². The third-order valence-electron chi connectivity index (χ3n) is 4.98. The molecule has 4 rings (SSSR count). The van der Waals surface area contributed by atoms with Gasteiger partial charge in [-0.15, -0.1) is 10.2 Å². The van der Waals surface area contributed by atoms with E-state index < -0.39 is 0 Å². The first-order valence-electron chi connectivity index (χ1n) is 8.43. The topological polar surface area (TPSA) is 69.0 Å². The van der Waals surface area contributed by atoms with E-state index >= 15 is 0 Å². The van der Waals surface area contributed by atoms with Gasteiger partial charge in [-0.2, -0.15) is 0 Å². The van der Waals surface area contributed by atoms with Gasteiger partial charge in [0.1, 0.15) is 12.2 Å². The number of aromatic nitrogens is 5. The molecular formula is C16H21FN6O. The normalized spacial score (nSPS) is 23.0. The van der Waals surface area contributed by atoms with Gasteiger partial charge in [0.25, 0.3) is 0 Å². The number of hydrogen-bond donors (Lipinski definition) is 0. The predicted octanol–water partition coefficient (Wildman–Crippen LogP) is 1.68. The molecule has 0 radical (unpaired) electrons.